The molecule has 0 spiro atoms. The molecule has 0 aliphatic rings. The zero-order valence-electron chi connectivity index (χ0n) is 7.21. The molecule has 0 unspecified atom stereocenters. The normalized spacial score (nSPS) is 11.7. The molecule has 0 radical (unpaired) electrons. The van der Waals surface area contributed by atoms with E-state index in [1.807, 2.05) is 0 Å². The Morgan fingerprint density at radius 3 is 2.64 bits per heavy atom. The third kappa shape index (κ3) is 2.11. The van der Waals surface area contributed by atoms with Crippen molar-refractivity contribution in [3.8, 4) is 0 Å². The van der Waals surface area contributed by atoms with E-state index in [4.69, 9.17) is 0 Å². The van der Waals surface area contributed by atoms with Crippen molar-refractivity contribution in [1.82, 2.24) is 9.78 Å². The van der Waals surface area contributed by atoms with Gasteiger partial charge in [0, 0.05) is 13.3 Å². The fraction of sp³-hybridized carbons (Fsp3) is 0.429. The molecule has 0 aliphatic heterocycles. The van der Waals surface area contributed by atoms with E-state index in [1.54, 1.807) is 0 Å². The van der Waals surface area contributed by atoms with Crippen LogP contribution in [0, 0.1) is 0 Å². The molecule has 4 nitrogen and oxygen atoms in total. The highest BCUT2D eigenvalue weighted by Crippen LogP contribution is 2.29. The first-order chi connectivity index (χ1) is 6.49. The van der Waals surface area contributed by atoms with E-state index >= 15 is 0 Å². The van der Waals surface area contributed by atoms with Gasteiger partial charge in [-0.25, -0.2) is 4.68 Å². The maximum absolute atomic E-state index is 12.2. The quantitative estimate of drug-likeness (QED) is 0.703. The molecule has 1 heterocycles. The van der Waals surface area contributed by atoms with Gasteiger partial charge in [-0.15, -0.1) is 0 Å². The predicted molar refractivity (Wildman–Crippen MR) is 39.6 cm³/mol. The van der Waals surface area contributed by atoms with Crippen LogP contribution in [0.5, 0.6) is 0 Å². The molecule has 1 aromatic rings. The van der Waals surface area contributed by atoms with Crippen LogP contribution >= 0.6 is 0 Å². The lowest BCUT2D eigenvalue weighted by Gasteiger charge is -2.02. The summed E-state index contributed by atoms with van der Waals surface area (Å²) in [7, 11) is 1.32. The number of nitrogens with zero attached hydrogens (tertiary/aromatic N) is 2. The SMILES string of the molecule is COCn1cc(C=O)c(C(F)(F)F)n1. The smallest absolute Gasteiger partial charge is 0.362 e. The summed E-state index contributed by atoms with van der Waals surface area (Å²) in [6.07, 6.45) is -3.52. The highest BCUT2D eigenvalue weighted by molar-refractivity contribution is 5.76. The summed E-state index contributed by atoms with van der Waals surface area (Å²) in [6.45, 7) is -0.128. The molecule has 0 bridgehead atoms. The first-order valence-electron chi connectivity index (χ1n) is 3.57. The Balaban J connectivity index is 3.09. The fourth-order valence-electron chi connectivity index (χ4n) is 0.942. The number of aldehydes is 1. The van der Waals surface area contributed by atoms with Gasteiger partial charge in [-0.2, -0.15) is 18.3 Å². The standard InChI is InChI=1S/C7H7F3N2O2/c1-14-4-12-2-5(3-13)6(11-12)7(8,9)10/h2-3H,4H2,1H3. The van der Waals surface area contributed by atoms with Crippen LogP contribution in [0.4, 0.5) is 13.2 Å². The van der Waals surface area contributed by atoms with Gasteiger partial charge in [0.05, 0.1) is 5.56 Å². The second-order valence-electron chi connectivity index (χ2n) is 2.51. The first-order valence-corrected chi connectivity index (χ1v) is 3.57. The van der Waals surface area contributed by atoms with Crippen molar-refractivity contribution in [3.63, 3.8) is 0 Å². The highest BCUT2D eigenvalue weighted by atomic mass is 19.4. The van der Waals surface area contributed by atoms with Gasteiger partial charge >= 0.3 is 6.18 Å². The molecular formula is C7H7F3N2O2. The largest absolute Gasteiger partial charge is 0.435 e. The van der Waals surface area contributed by atoms with Crippen LogP contribution in [0.15, 0.2) is 6.20 Å². The number of methoxy groups -OCH3 is 1. The van der Waals surface area contributed by atoms with Gasteiger partial charge in [-0.1, -0.05) is 0 Å². The molecular weight excluding hydrogens is 201 g/mol. The van der Waals surface area contributed by atoms with Crippen LogP contribution in [-0.2, 0) is 17.6 Å². The number of ether oxygens (including phenoxy) is 1. The van der Waals surface area contributed by atoms with Crippen molar-refractivity contribution < 1.29 is 22.7 Å². The van der Waals surface area contributed by atoms with Crippen LogP contribution in [0.1, 0.15) is 16.1 Å². The molecule has 0 N–H and O–H groups in total. The van der Waals surface area contributed by atoms with E-state index in [2.05, 4.69) is 9.84 Å². The summed E-state index contributed by atoms with van der Waals surface area (Å²) < 4.78 is 42.1. The van der Waals surface area contributed by atoms with E-state index in [-0.39, 0.29) is 13.0 Å². The van der Waals surface area contributed by atoms with Crippen molar-refractivity contribution in [2.45, 2.75) is 12.9 Å². The van der Waals surface area contributed by atoms with Crippen molar-refractivity contribution in [2.24, 2.45) is 0 Å². The molecule has 0 amide bonds. The van der Waals surface area contributed by atoms with Gasteiger partial charge in [0.1, 0.15) is 6.73 Å². The third-order valence-corrected chi connectivity index (χ3v) is 1.45. The van der Waals surface area contributed by atoms with Crippen molar-refractivity contribution in [2.75, 3.05) is 7.11 Å². The second-order valence-corrected chi connectivity index (χ2v) is 2.51. The zero-order chi connectivity index (χ0) is 10.8. The molecule has 0 fully saturated rings. The lowest BCUT2D eigenvalue weighted by molar-refractivity contribution is -0.142. The summed E-state index contributed by atoms with van der Waals surface area (Å²) in [4.78, 5) is 10.3. The van der Waals surface area contributed by atoms with E-state index in [1.165, 1.54) is 7.11 Å². The highest BCUT2D eigenvalue weighted by Gasteiger charge is 2.37. The van der Waals surface area contributed by atoms with Crippen LogP contribution in [-0.4, -0.2) is 23.2 Å². The molecule has 1 aromatic heterocycles. The van der Waals surface area contributed by atoms with Gasteiger partial charge in [0.15, 0.2) is 12.0 Å². The Morgan fingerprint density at radius 1 is 1.64 bits per heavy atom. The van der Waals surface area contributed by atoms with E-state index in [9.17, 15) is 18.0 Å². The Hall–Kier alpha value is -1.37. The first kappa shape index (κ1) is 10.7. The zero-order valence-corrected chi connectivity index (χ0v) is 7.21. The van der Waals surface area contributed by atoms with Gasteiger partial charge in [-0.3, -0.25) is 4.79 Å². The molecule has 78 valence electrons. The van der Waals surface area contributed by atoms with E-state index < -0.39 is 17.4 Å². The maximum Gasteiger partial charge on any atom is 0.435 e. The molecule has 14 heavy (non-hydrogen) atoms. The van der Waals surface area contributed by atoms with Crippen molar-refractivity contribution in [1.29, 1.82) is 0 Å². The summed E-state index contributed by atoms with van der Waals surface area (Å²) in [5.74, 6) is 0. The summed E-state index contributed by atoms with van der Waals surface area (Å²) in [6, 6.07) is 0. The molecule has 0 saturated heterocycles. The topological polar surface area (TPSA) is 44.1 Å². The average Bonchev–Trinajstić information content (AvgIpc) is 2.47. The number of hydrogen-bond donors (Lipinski definition) is 0. The molecule has 0 aromatic carbocycles. The molecule has 7 heteroatoms. The minimum atomic E-state index is -4.62. The van der Waals surface area contributed by atoms with E-state index in [0.717, 1.165) is 10.9 Å². The second kappa shape index (κ2) is 3.79. The number of rotatable bonds is 3. The Labute approximate surface area is 77.3 Å². The third-order valence-electron chi connectivity index (χ3n) is 1.45. The van der Waals surface area contributed by atoms with Gasteiger partial charge in [0.25, 0.3) is 0 Å². The van der Waals surface area contributed by atoms with Crippen LogP contribution in [0.2, 0.25) is 0 Å². The van der Waals surface area contributed by atoms with Crippen LogP contribution in [0.25, 0.3) is 0 Å². The monoisotopic (exact) mass is 208 g/mol. The summed E-state index contributed by atoms with van der Waals surface area (Å²) in [5, 5.41) is 3.18. The summed E-state index contributed by atoms with van der Waals surface area (Å²) >= 11 is 0. The van der Waals surface area contributed by atoms with Gasteiger partial charge in [-0.05, 0) is 0 Å². The Bertz CT molecular complexity index is 332. The number of hydrogen-bond acceptors (Lipinski definition) is 3. The number of carbonyl (C=O) groups excluding carboxylic acids is 1. The minimum absolute atomic E-state index is 0.113. The Morgan fingerprint density at radius 2 is 2.29 bits per heavy atom. The van der Waals surface area contributed by atoms with Crippen molar-refractivity contribution >= 4 is 6.29 Å². The summed E-state index contributed by atoms with van der Waals surface area (Å²) in [5.41, 5.74) is -1.68. The molecule has 1 rings (SSSR count). The van der Waals surface area contributed by atoms with E-state index in [0.29, 0.717) is 0 Å². The number of aromatic nitrogens is 2. The number of halogens is 3. The van der Waals surface area contributed by atoms with Crippen LogP contribution < -0.4 is 0 Å². The molecule has 0 aliphatic carbocycles. The lowest BCUT2D eigenvalue weighted by atomic mass is 10.3. The molecule has 0 saturated carbocycles. The average molecular weight is 208 g/mol. The number of carbonyl (C=O) groups is 1. The predicted octanol–water partition coefficient (Wildman–Crippen LogP) is 1.32. The number of alkyl halides is 3. The van der Waals surface area contributed by atoms with Gasteiger partial charge < -0.3 is 4.74 Å². The molecule has 0 atom stereocenters. The Kier molecular flexibility index (Phi) is 2.90. The lowest BCUT2D eigenvalue weighted by Crippen LogP contribution is -2.10. The minimum Gasteiger partial charge on any atom is -0.362 e. The van der Waals surface area contributed by atoms with Gasteiger partial charge in [0.2, 0.25) is 0 Å². The van der Waals surface area contributed by atoms with Crippen molar-refractivity contribution in [3.05, 3.63) is 17.5 Å². The van der Waals surface area contributed by atoms with Crippen LogP contribution in [0.3, 0.4) is 0 Å². The fourth-order valence-corrected chi connectivity index (χ4v) is 0.942. The maximum atomic E-state index is 12.2.